The number of carboxylic acid groups (broad SMARTS) is 1. The largest absolute Gasteiger partial charge is 0.480 e. The number of hydrogen-bond acceptors (Lipinski definition) is 11. The van der Waals surface area contributed by atoms with Gasteiger partial charge in [-0.25, -0.2) is 18.6 Å². The fourth-order valence-corrected chi connectivity index (χ4v) is 3.22. The maximum absolute atomic E-state index is 12.6. The van der Waals surface area contributed by atoms with Gasteiger partial charge in [0.05, 0.1) is 12.5 Å². The molecule has 0 bridgehead atoms. The minimum Gasteiger partial charge on any atom is -0.480 e. The maximum Gasteiger partial charge on any atom is 0.408 e. The van der Waals surface area contributed by atoms with Gasteiger partial charge in [-0.15, -0.1) is 0 Å². The summed E-state index contributed by atoms with van der Waals surface area (Å²) in [5.74, 6) is -5.15. The molecule has 0 aromatic heterocycles. The molecule has 0 aliphatic rings. The van der Waals surface area contributed by atoms with Crippen LogP contribution in [0.1, 0.15) is 60.8 Å². The van der Waals surface area contributed by atoms with Gasteiger partial charge in [-0.05, 0) is 48.0 Å². The molecule has 0 spiro atoms. The number of carbonyl (C=O) groups excluding carboxylic acids is 4. The summed E-state index contributed by atoms with van der Waals surface area (Å²) in [7, 11) is -4.95. The first-order valence-electron chi connectivity index (χ1n) is 11.1. The Morgan fingerprint density at radius 2 is 1.46 bits per heavy atom. The van der Waals surface area contributed by atoms with E-state index in [2.05, 4.69) is 22.1 Å². The molecule has 3 atom stereocenters. The zero-order valence-corrected chi connectivity index (χ0v) is 23.3. The molecular weight excluding hydrogens is 536 g/mol. The zero-order valence-electron chi connectivity index (χ0n) is 21.6. The highest BCUT2D eigenvalue weighted by Gasteiger charge is 2.31. The van der Waals surface area contributed by atoms with E-state index in [-0.39, 0.29) is 18.6 Å². The quantitative estimate of drug-likeness (QED) is 0.112. The molecule has 14 nitrogen and oxygen atoms in total. The summed E-state index contributed by atoms with van der Waals surface area (Å²) in [5.41, 5.74) is -1.71. The molecule has 2 amide bonds. The molecule has 4 N–H and O–H groups in total. The summed E-state index contributed by atoms with van der Waals surface area (Å²) in [6.07, 6.45) is -1.72. The standard InChI is InChI=1S/C21H36N2O12S2/c1-20(2,3)34-18(28)14(23-19(29)35-21(4,5)6)8-7-13(24)9-12(11-36)16(25)22-15(17(26)27)10-33-37(30,31)32/h12,14-15,36H,7-11H2,1-6H3,(H,22,25)(H,23,29)(H,26,27)(H,30,31,32)/t12-,14-,15-/m0/s1. The fourth-order valence-electron chi connectivity index (χ4n) is 2.61. The van der Waals surface area contributed by atoms with Crippen molar-refractivity contribution < 1.29 is 55.7 Å². The molecule has 16 heteroatoms. The Morgan fingerprint density at radius 3 is 1.89 bits per heavy atom. The number of thiol groups is 1. The van der Waals surface area contributed by atoms with Crippen molar-refractivity contribution in [3.8, 4) is 0 Å². The van der Waals surface area contributed by atoms with E-state index >= 15 is 0 Å². The number of rotatable bonds is 14. The third-order valence-corrected chi connectivity index (χ3v) is 5.03. The van der Waals surface area contributed by atoms with E-state index < -0.39 is 82.4 Å². The molecule has 0 saturated carbocycles. The first-order valence-corrected chi connectivity index (χ1v) is 13.1. The van der Waals surface area contributed by atoms with Crippen molar-refractivity contribution in [3.63, 3.8) is 0 Å². The molecule has 0 saturated heterocycles. The van der Waals surface area contributed by atoms with E-state index in [9.17, 15) is 32.4 Å². The third-order valence-electron chi connectivity index (χ3n) is 4.16. The van der Waals surface area contributed by atoms with Crippen LogP contribution in [0.3, 0.4) is 0 Å². The first-order chi connectivity index (χ1) is 16.6. The van der Waals surface area contributed by atoms with Crippen LogP contribution in [0.5, 0.6) is 0 Å². The van der Waals surface area contributed by atoms with Crippen LogP contribution in [0.15, 0.2) is 0 Å². The van der Waals surface area contributed by atoms with Crippen molar-refractivity contribution in [3.05, 3.63) is 0 Å². The first kappa shape index (κ1) is 34.6. The van der Waals surface area contributed by atoms with Gasteiger partial charge in [0.25, 0.3) is 0 Å². The summed E-state index contributed by atoms with van der Waals surface area (Å²) >= 11 is 4.00. The molecule has 0 aliphatic heterocycles. The molecule has 214 valence electrons. The predicted octanol–water partition coefficient (Wildman–Crippen LogP) is 0.896. The van der Waals surface area contributed by atoms with Crippen LogP contribution in [0.4, 0.5) is 4.79 Å². The second-order valence-corrected chi connectivity index (χ2v) is 11.5. The van der Waals surface area contributed by atoms with Crippen molar-refractivity contribution in [1.82, 2.24) is 10.6 Å². The molecule has 0 aliphatic carbocycles. The molecule has 0 heterocycles. The van der Waals surface area contributed by atoms with Crippen molar-refractivity contribution in [2.75, 3.05) is 12.4 Å². The fraction of sp³-hybridized carbons (Fsp3) is 0.762. The van der Waals surface area contributed by atoms with E-state index in [4.69, 9.17) is 19.1 Å². The molecule has 0 unspecified atom stereocenters. The number of alkyl carbamates (subject to hydrolysis) is 1. The van der Waals surface area contributed by atoms with Crippen molar-refractivity contribution in [2.24, 2.45) is 5.92 Å². The van der Waals surface area contributed by atoms with E-state index in [1.54, 1.807) is 41.5 Å². The zero-order chi connectivity index (χ0) is 29.2. The lowest BCUT2D eigenvalue weighted by Crippen LogP contribution is -2.47. The average molecular weight is 573 g/mol. The van der Waals surface area contributed by atoms with Gasteiger partial charge in [0.15, 0.2) is 6.04 Å². The van der Waals surface area contributed by atoms with Crippen LogP contribution in [0, 0.1) is 5.92 Å². The lowest BCUT2D eigenvalue weighted by atomic mass is 9.98. The Kier molecular flexibility index (Phi) is 13.5. The van der Waals surface area contributed by atoms with Crippen molar-refractivity contribution in [1.29, 1.82) is 0 Å². The number of amides is 2. The molecule has 37 heavy (non-hydrogen) atoms. The van der Waals surface area contributed by atoms with E-state index in [1.807, 2.05) is 5.32 Å². The molecule has 0 aromatic rings. The van der Waals surface area contributed by atoms with Crippen LogP contribution >= 0.6 is 12.6 Å². The number of hydrogen-bond donors (Lipinski definition) is 5. The minimum atomic E-state index is -4.95. The van der Waals surface area contributed by atoms with E-state index in [0.29, 0.717) is 0 Å². The van der Waals surface area contributed by atoms with Crippen LogP contribution in [0.25, 0.3) is 0 Å². The smallest absolute Gasteiger partial charge is 0.408 e. The number of carbonyl (C=O) groups is 5. The normalized spacial score (nSPS) is 14.6. The molecule has 0 aromatic carbocycles. The van der Waals surface area contributed by atoms with Gasteiger partial charge in [0.1, 0.15) is 23.0 Å². The number of Topliss-reactive ketones (excluding diaryl/α,β-unsaturated/α-hetero) is 1. The van der Waals surface area contributed by atoms with Crippen LogP contribution < -0.4 is 10.6 Å². The maximum atomic E-state index is 12.6. The topological polar surface area (TPSA) is 212 Å². The van der Waals surface area contributed by atoms with Crippen LogP contribution in [-0.2, 0) is 43.2 Å². The molecular formula is C21H36N2O12S2. The minimum absolute atomic E-state index is 0.172. The Bertz CT molecular complexity index is 938. The summed E-state index contributed by atoms with van der Waals surface area (Å²) in [6, 6.07) is -3.06. The Morgan fingerprint density at radius 1 is 0.919 bits per heavy atom. The van der Waals surface area contributed by atoms with E-state index in [1.165, 1.54) is 0 Å². The summed E-state index contributed by atoms with van der Waals surface area (Å²) in [5, 5.41) is 13.5. The van der Waals surface area contributed by atoms with Gasteiger partial charge >= 0.3 is 28.4 Å². The highest BCUT2D eigenvalue weighted by Crippen LogP contribution is 2.15. The Labute approximate surface area is 221 Å². The Balaban J connectivity index is 5.25. The molecule has 0 fully saturated rings. The average Bonchev–Trinajstić information content (AvgIpc) is 2.68. The van der Waals surface area contributed by atoms with Crippen LogP contribution in [-0.4, -0.2) is 83.4 Å². The summed E-state index contributed by atoms with van der Waals surface area (Å²) in [6.45, 7) is 8.69. The second-order valence-electron chi connectivity index (χ2n) is 10.0. The Hall–Kier alpha value is -2.43. The number of nitrogens with one attached hydrogen (secondary N) is 2. The van der Waals surface area contributed by atoms with Gasteiger partial charge in [0, 0.05) is 18.6 Å². The number of carboxylic acids is 1. The molecule has 0 rings (SSSR count). The predicted molar refractivity (Wildman–Crippen MR) is 132 cm³/mol. The van der Waals surface area contributed by atoms with Gasteiger partial charge < -0.3 is 25.2 Å². The number of esters is 1. The van der Waals surface area contributed by atoms with Crippen molar-refractivity contribution >= 4 is 52.8 Å². The van der Waals surface area contributed by atoms with Gasteiger partial charge in [-0.2, -0.15) is 21.0 Å². The third kappa shape index (κ3) is 16.8. The lowest BCUT2D eigenvalue weighted by molar-refractivity contribution is -0.157. The highest BCUT2D eigenvalue weighted by atomic mass is 32.3. The second kappa shape index (κ2) is 14.5. The highest BCUT2D eigenvalue weighted by molar-refractivity contribution is 7.80. The number of ketones is 1. The summed E-state index contributed by atoms with van der Waals surface area (Å²) in [4.78, 5) is 61.0. The van der Waals surface area contributed by atoms with Gasteiger partial charge in [-0.1, -0.05) is 0 Å². The lowest BCUT2D eigenvalue weighted by Gasteiger charge is -2.26. The summed E-state index contributed by atoms with van der Waals surface area (Å²) < 4.78 is 44.4. The monoisotopic (exact) mass is 572 g/mol. The number of aliphatic carboxylic acids is 1. The SMILES string of the molecule is CC(C)(C)OC(=O)N[C@@H](CCC(=O)C[C@@H](CS)C(=O)N[C@@H](COS(=O)(=O)O)C(=O)O)C(=O)OC(C)(C)C. The van der Waals surface area contributed by atoms with Crippen molar-refractivity contribution in [2.45, 2.75) is 84.1 Å². The molecule has 0 radical (unpaired) electrons. The van der Waals surface area contributed by atoms with E-state index in [0.717, 1.165) is 0 Å². The van der Waals surface area contributed by atoms with Crippen LogP contribution in [0.2, 0.25) is 0 Å². The van der Waals surface area contributed by atoms with Gasteiger partial charge in [-0.3, -0.25) is 14.1 Å². The van der Waals surface area contributed by atoms with Gasteiger partial charge in [0.2, 0.25) is 5.91 Å². The number of ether oxygens (including phenoxy) is 2.